The number of rotatable bonds is 9. The van der Waals surface area contributed by atoms with Crippen LogP contribution in [-0.4, -0.2) is 69.6 Å². The molecule has 1 saturated heterocycles. The molecule has 0 saturated carbocycles. The van der Waals surface area contributed by atoms with Crippen LogP contribution in [0.3, 0.4) is 0 Å². The highest BCUT2D eigenvalue weighted by Gasteiger charge is 2.32. The summed E-state index contributed by atoms with van der Waals surface area (Å²) < 4.78 is 44.8. The van der Waals surface area contributed by atoms with Crippen molar-refractivity contribution in [2.24, 2.45) is 0 Å². The summed E-state index contributed by atoms with van der Waals surface area (Å²) in [4.78, 5) is 25.0. The fraction of sp³-hybridized carbons (Fsp3) is 0.417. The Balaban J connectivity index is 1.39. The average Bonchev–Trinajstić information content (AvgIpc) is 3.50. The third kappa shape index (κ3) is 7.45. The van der Waals surface area contributed by atoms with Gasteiger partial charge in [0.15, 0.2) is 5.13 Å². The van der Waals surface area contributed by atoms with Crippen molar-refractivity contribution in [3.05, 3.63) is 45.9 Å². The second-order valence-corrected chi connectivity index (χ2v) is 12.2. The Morgan fingerprint density at radius 2 is 1.97 bits per heavy atom. The molecule has 2 aromatic heterocycles. The third-order valence-electron chi connectivity index (χ3n) is 5.66. The predicted molar refractivity (Wildman–Crippen MR) is 143 cm³/mol. The maximum atomic E-state index is 13.1. The molecule has 7 nitrogen and oxygen atoms in total. The lowest BCUT2D eigenvalue weighted by atomic mass is 10.1. The van der Waals surface area contributed by atoms with Gasteiger partial charge < -0.3 is 15.2 Å². The number of ether oxygens (including phenoxy) is 1. The smallest absolute Gasteiger partial charge is 0.389 e. The van der Waals surface area contributed by atoms with E-state index >= 15 is 0 Å². The summed E-state index contributed by atoms with van der Waals surface area (Å²) in [6.07, 6.45) is 0.734. The molecule has 4 rings (SSSR count). The van der Waals surface area contributed by atoms with Crippen molar-refractivity contribution in [3.8, 4) is 10.6 Å². The number of aromatic nitrogens is 2. The Kier molecular flexibility index (Phi) is 9.48. The number of amides is 1. The Bertz CT molecular complexity index is 1240. The van der Waals surface area contributed by atoms with Gasteiger partial charge in [-0.05, 0) is 24.6 Å². The van der Waals surface area contributed by atoms with E-state index in [0.29, 0.717) is 27.8 Å². The molecule has 1 aliphatic heterocycles. The van der Waals surface area contributed by atoms with E-state index in [9.17, 15) is 23.1 Å². The van der Waals surface area contributed by atoms with Crippen LogP contribution in [0.2, 0.25) is 0 Å². The molecule has 37 heavy (non-hydrogen) atoms. The number of carbonyl (C=O) groups is 1. The lowest BCUT2D eigenvalue weighted by molar-refractivity contribution is -0.115. The quantitative estimate of drug-likeness (QED) is 0.359. The van der Waals surface area contributed by atoms with Crippen molar-refractivity contribution in [2.75, 3.05) is 38.2 Å². The van der Waals surface area contributed by atoms with E-state index in [1.54, 1.807) is 12.1 Å². The van der Waals surface area contributed by atoms with Crippen LogP contribution in [0.4, 0.5) is 18.3 Å². The van der Waals surface area contributed by atoms with Gasteiger partial charge in [0.05, 0.1) is 42.5 Å². The van der Waals surface area contributed by atoms with Gasteiger partial charge in [0, 0.05) is 36.3 Å². The second kappa shape index (κ2) is 12.6. The number of benzene rings is 1. The zero-order chi connectivity index (χ0) is 26.4. The summed E-state index contributed by atoms with van der Waals surface area (Å²) in [5, 5.41) is 16.4. The molecule has 3 aromatic rings. The van der Waals surface area contributed by atoms with Crippen molar-refractivity contribution in [2.45, 2.75) is 36.8 Å². The van der Waals surface area contributed by atoms with Crippen LogP contribution in [0.5, 0.6) is 0 Å². The number of morpholine rings is 1. The van der Waals surface area contributed by atoms with Crippen LogP contribution in [0.25, 0.3) is 10.6 Å². The van der Waals surface area contributed by atoms with Gasteiger partial charge in [0.2, 0.25) is 5.91 Å². The SMILES string of the molecule is C/C=S(\c1ccc(CC(=O)Nc2nc(-c3sc(CO)nc3CCN3CCOCC3)cs2)cc1)C(F)(F)F. The highest BCUT2D eigenvalue weighted by Crippen LogP contribution is 2.43. The maximum absolute atomic E-state index is 13.1. The Morgan fingerprint density at radius 3 is 2.62 bits per heavy atom. The van der Waals surface area contributed by atoms with Gasteiger partial charge in [-0.3, -0.25) is 9.69 Å². The van der Waals surface area contributed by atoms with E-state index in [1.807, 2.05) is 5.38 Å². The Labute approximate surface area is 223 Å². The van der Waals surface area contributed by atoms with Crippen molar-refractivity contribution in [3.63, 3.8) is 0 Å². The molecule has 0 aliphatic carbocycles. The molecular formula is C24H27F3N4O3S3. The summed E-state index contributed by atoms with van der Waals surface area (Å²) in [5.41, 5.74) is -2.16. The lowest BCUT2D eigenvalue weighted by Crippen LogP contribution is -2.37. The van der Waals surface area contributed by atoms with E-state index in [0.717, 1.165) is 48.8 Å². The molecule has 0 bridgehead atoms. The molecule has 3 heterocycles. The molecule has 200 valence electrons. The molecule has 0 radical (unpaired) electrons. The summed E-state index contributed by atoms with van der Waals surface area (Å²) in [5.74, 6) is -0.307. The molecule has 1 amide bonds. The van der Waals surface area contributed by atoms with Crippen LogP contribution >= 0.6 is 33.2 Å². The number of halogens is 3. The molecule has 1 aromatic carbocycles. The number of nitrogens with zero attached hydrogens (tertiary/aromatic N) is 3. The van der Waals surface area contributed by atoms with E-state index in [2.05, 4.69) is 20.2 Å². The van der Waals surface area contributed by atoms with E-state index in [1.165, 1.54) is 41.7 Å². The lowest BCUT2D eigenvalue weighted by Gasteiger charge is -2.26. The predicted octanol–water partition coefficient (Wildman–Crippen LogP) is 4.78. The first-order valence-electron chi connectivity index (χ1n) is 11.6. The van der Waals surface area contributed by atoms with Crippen molar-refractivity contribution < 1.29 is 27.8 Å². The first-order chi connectivity index (χ1) is 17.8. The number of carbonyl (C=O) groups excluding carboxylic acids is 1. The highest BCUT2D eigenvalue weighted by atomic mass is 32.2. The molecule has 1 unspecified atom stereocenters. The van der Waals surface area contributed by atoms with Crippen LogP contribution < -0.4 is 5.32 Å². The number of aliphatic hydroxyl groups is 1. The summed E-state index contributed by atoms with van der Waals surface area (Å²) >= 11 is 2.67. The highest BCUT2D eigenvalue weighted by molar-refractivity contribution is 8.15. The molecule has 1 aliphatic rings. The topological polar surface area (TPSA) is 87.6 Å². The summed E-state index contributed by atoms with van der Waals surface area (Å²) in [7, 11) is -1.95. The molecule has 2 N–H and O–H groups in total. The number of thiazole rings is 2. The summed E-state index contributed by atoms with van der Waals surface area (Å²) in [6.45, 7) is 5.27. The normalized spacial score (nSPS) is 15.7. The molecule has 1 atom stereocenters. The minimum atomic E-state index is -4.32. The molecule has 13 heteroatoms. The number of aliphatic hydroxyl groups excluding tert-OH is 1. The van der Waals surface area contributed by atoms with Gasteiger partial charge in [0.1, 0.15) is 5.01 Å². The zero-order valence-corrected chi connectivity index (χ0v) is 22.5. The number of nitrogens with one attached hydrogen (secondary N) is 1. The van der Waals surface area contributed by atoms with Crippen LogP contribution in [0.15, 0.2) is 34.5 Å². The van der Waals surface area contributed by atoms with Gasteiger partial charge in [-0.15, -0.1) is 22.7 Å². The van der Waals surface area contributed by atoms with Gasteiger partial charge in [0.25, 0.3) is 0 Å². The first kappa shape index (κ1) is 27.9. The molecule has 0 spiro atoms. The van der Waals surface area contributed by atoms with Gasteiger partial charge in [-0.2, -0.15) is 13.2 Å². The number of anilines is 1. The Hall–Kier alpha value is -2.16. The fourth-order valence-corrected chi connectivity index (χ4v) is 6.83. The third-order valence-corrected chi connectivity index (χ3v) is 9.27. The van der Waals surface area contributed by atoms with E-state index in [4.69, 9.17) is 4.74 Å². The van der Waals surface area contributed by atoms with Crippen LogP contribution in [0.1, 0.15) is 23.2 Å². The largest absolute Gasteiger partial charge is 0.440 e. The Morgan fingerprint density at radius 1 is 1.24 bits per heavy atom. The van der Waals surface area contributed by atoms with Gasteiger partial charge >= 0.3 is 5.51 Å². The molecule has 1 fully saturated rings. The number of hydrogen-bond acceptors (Lipinski definition) is 8. The standard InChI is InChI=1S/C24H27F3N4O3S3/c1-2-37(24(25,26)27)17-5-3-16(4-6-17)13-20(33)30-23-29-19(15-35-23)22-18(28-21(14-32)36-22)7-8-31-9-11-34-12-10-31/h2-6,15,32H,7-14H2,1H3,(H,29,30,33). The van der Waals surface area contributed by atoms with Gasteiger partial charge in [-0.25, -0.2) is 9.97 Å². The minimum Gasteiger partial charge on any atom is -0.389 e. The minimum absolute atomic E-state index is 0.0187. The van der Waals surface area contributed by atoms with Crippen molar-refractivity contribution in [1.82, 2.24) is 14.9 Å². The van der Waals surface area contributed by atoms with E-state index in [-0.39, 0.29) is 23.8 Å². The van der Waals surface area contributed by atoms with Crippen molar-refractivity contribution in [1.29, 1.82) is 0 Å². The van der Waals surface area contributed by atoms with E-state index < -0.39 is 16.0 Å². The average molecular weight is 573 g/mol. The monoisotopic (exact) mass is 572 g/mol. The van der Waals surface area contributed by atoms with Gasteiger partial charge in [-0.1, -0.05) is 28.0 Å². The second-order valence-electron chi connectivity index (χ2n) is 8.17. The fourth-order valence-electron chi connectivity index (χ4n) is 3.87. The number of hydrogen-bond donors (Lipinski definition) is 2. The first-order valence-corrected chi connectivity index (χ1v) is 14.6. The number of alkyl halides is 3. The molecular weight excluding hydrogens is 545 g/mol. The van der Waals surface area contributed by atoms with Crippen LogP contribution in [-0.2, 0) is 29.0 Å². The zero-order valence-electron chi connectivity index (χ0n) is 20.1. The maximum Gasteiger partial charge on any atom is 0.440 e. The van der Waals surface area contributed by atoms with Crippen LogP contribution in [0, 0.1) is 0 Å². The summed E-state index contributed by atoms with van der Waals surface area (Å²) in [6, 6.07) is 5.93. The van der Waals surface area contributed by atoms with Crippen molar-refractivity contribution >= 4 is 49.6 Å².